The number of carbonyl (C=O) groups is 1. The average molecular weight is 365 g/mol. The first-order chi connectivity index (χ1) is 11.7. The Kier molecular flexibility index (Phi) is 5.79. The second kappa shape index (κ2) is 7.65. The number of hydrogen-bond donors (Lipinski definition) is 1. The van der Waals surface area contributed by atoms with E-state index in [1.165, 1.54) is 12.1 Å². The summed E-state index contributed by atoms with van der Waals surface area (Å²) in [4.78, 5) is 11.9. The lowest BCUT2D eigenvalue weighted by atomic mass is 9.98. The molecule has 0 spiro atoms. The third kappa shape index (κ3) is 4.57. The fourth-order valence-electron chi connectivity index (χ4n) is 2.77. The number of hydrogen-bond acceptors (Lipinski definition) is 3. The number of nitrogens with zero attached hydrogens (tertiary/aromatic N) is 1. The first kappa shape index (κ1) is 18.9. The van der Waals surface area contributed by atoms with Crippen molar-refractivity contribution in [3.05, 3.63) is 65.5 Å². The second-order valence-corrected chi connectivity index (χ2v) is 7.58. The molecule has 0 amide bonds. The third-order valence-electron chi connectivity index (χ3n) is 3.92. The van der Waals surface area contributed by atoms with E-state index in [1.807, 2.05) is 19.1 Å². The van der Waals surface area contributed by atoms with Crippen LogP contribution in [0, 0.1) is 5.82 Å². The summed E-state index contributed by atoms with van der Waals surface area (Å²) in [6.07, 6.45) is 1.67. The highest BCUT2D eigenvalue weighted by Gasteiger charge is 2.33. The van der Waals surface area contributed by atoms with E-state index >= 15 is 0 Å². The molecule has 25 heavy (non-hydrogen) atoms. The van der Waals surface area contributed by atoms with Crippen LogP contribution in [0.5, 0.6) is 0 Å². The highest BCUT2D eigenvalue weighted by molar-refractivity contribution is 7.92. The summed E-state index contributed by atoms with van der Waals surface area (Å²) >= 11 is 0. The summed E-state index contributed by atoms with van der Waals surface area (Å²) in [5.41, 5.74) is 1.85. The van der Waals surface area contributed by atoms with Crippen LogP contribution in [-0.2, 0) is 27.7 Å². The van der Waals surface area contributed by atoms with Crippen molar-refractivity contribution < 1.29 is 22.7 Å². The van der Waals surface area contributed by atoms with Crippen molar-refractivity contribution in [2.24, 2.45) is 0 Å². The van der Waals surface area contributed by atoms with Crippen LogP contribution in [0.25, 0.3) is 0 Å². The third-order valence-corrected chi connectivity index (χ3v) is 5.10. The molecule has 7 heteroatoms. The number of carboxylic acids is 1. The van der Waals surface area contributed by atoms with E-state index in [4.69, 9.17) is 0 Å². The molecule has 2 aromatic rings. The van der Waals surface area contributed by atoms with Crippen LogP contribution in [0.3, 0.4) is 0 Å². The molecule has 2 aromatic carbocycles. The van der Waals surface area contributed by atoms with E-state index < -0.39 is 27.9 Å². The fraction of sp³-hybridized carbons (Fsp3) is 0.278. The molecule has 0 aliphatic rings. The highest BCUT2D eigenvalue weighted by atomic mass is 32.2. The van der Waals surface area contributed by atoms with Gasteiger partial charge in [0.15, 0.2) is 0 Å². The molecule has 2 rings (SSSR count). The van der Waals surface area contributed by atoms with Crippen LogP contribution in [0.15, 0.2) is 48.5 Å². The van der Waals surface area contributed by atoms with E-state index in [0.717, 1.165) is 33.8 Å². The Morgan fingerprint density at radius 2 is 1.68 bits per heavy atom. The maximum atomic E-state index is 13.2. The zero-order valence-corrected chi connectivity index (χ0v) is 14.8. The molecule has 0 aromatic heterocycles. The van der Waals surface area contributed by atoms with E-state index in [2.05, 4.69) is 0 Å². The number of sulfonamides is 1. The summed E-state index contributed by atoms with van der Waals surface area (Å²) < 4.78 is 38.6. The first-order valence-corrected chi connectivity index (χ1v) is 9.63. The largest absolute Gasteiger partial charge is 0.480 e. The van der Waals surface area contributed by atoms with Crippen molar-refractivity contribution in [1.29, 1.82) is 0 Å². The van der Waals surface area contributed by atoms with Gasteiger partial charge in [-0.05, 0) is 41.8 Å². The second-order valence-electron chi connectivity index (χ2n) is 5.72. The minimum Gasteiger partial charge on any atom is -0.480 e. The molecule has 0 fully saturated rings. The van der Waals surface area contributed by atoms with Crippen LogP contribution in [0.2, 0.25) is 0 Å². The summed E-state index contributed by atoms with van der Waals surface area (Å²) in [5.74, 6) is -1.79. The SMILES string of the molecule is CCc1ccccc1C[C@@H](C(=O)O)N(c1ccc(F)cc1)S(C)(=O)=O. The zero-order valence-electron chi connectivity index (χ0n) is 14.0. The Hall–Kier alpha value is -2.41. The molecule has 0 aliphatic carbocycles. The molecule has 0 bridgehead atoms. The van der Waals surface area contributed by atoms with E-state index in [-0.39, 0.29) is 12.1 Å². The lowest BCUT2D eigenvalue weighted by Crippen LogP contribution is -2.46. The monoisotopic (exact) mass is 365 g/mol. The molecule has 5 nitrogen and oxygen atoms in total. The van der Waals surface area contributed by atoms with E-state index in [9.17, 15) is 22.7 Å². The molecule has 134 valence electrons. The smallest absolute Gasteiger partial charge is 0.327 e. The fourth-order valence-corrected chi connectivity index (χ4v) is 3.90. The standard InChI is InChI=1S/C18H20FNO4S/c1-3-13-6-4-5-7-14(13)12-17(18(21)22)20(25(2,23)24)16-10-8-15(19)9-11-16/h4-11,17H,3,12H2,1-2H3,(H,21,22)/t17-/m0/s1. The normalized spacial score (nSPS) is 12.6. The van der Waals surface area contributed by atoms with Crippen molar-refractivity contribution in [3.8, 4) is 0 Å². The molecule has 0 unspecified atom stereocenters. The lowest BCUT2D eigenvalue weighted by Gasteiger charge is -2.29. The number of aryl methyl sites for hydroxylation is 1. The topological polar surface area (TPSA) is 74.7 Å². The van der Waals surface area contributed by atoms with Gasteiger partial charge in [-0.1, -0.05) is 31.2 Å². The molecule has 0 saturated heterocycles. The van der Waals surface area contributed by atoms with Gasteiger partial charge in [0.05, 0.1) is 11.9 Å². The van der Waals surface area contributed by atoms with Gasteiger partial charge in [-0.2, -0.15) is 0 Å². The van der Waals surface area contributed by atoms with Gasteiger partial charge < -0.3 is 5.11 Å². The summed E-state index contributed by atoms with van der Waals surface area (Å²) in [6.45, 7) is 1.95. The van der Waals surface area contributed by atoms with Crippen LogP contribution in [0.1, 0.15) is 18.1 Å². The number of benzene rings is 2. The van der Waals surface area contributed by atoms with Crippen molar-refractivity contribution in [2.45, 2.75) is 25.8 Å². The van der Waals surface area contributed by atoms with Crippen LogP contribution in [-0.4, -0.2) is 31.8 Å². The van der Waals surface area contributed by atoms with Crippen molar-refractivity contribution >= 4 is 21.7 Å². The Balaban J connectivity index is 2.50. The number of anilines is 1. The van der Waals surface area contributed by atoms with E-state index in [1.54, 1.807) is 12.1 Å². The van der Waals surface area contributed by atoms with Gasteiger partial charge in [0.1, 0.15) is 11.9 Å². The molecular weight excluding hydrogens is 345 g/mol. The van der Waals surface area contributed by atoms with Crippen LogP contribution in [0.4, 0.5) is 10.1 Å². The first-order valence-electron chi connectivity index (χ1n) is 7.78. The molecule has 0 radical (unpaired) electrons. The Morgan fingerprint density at radius 1 is 1.12 bits per heavy atom. The van der Waals surface area contributed by atoms with Crippen molar-refractivity contribution in [3.63, 3.8) is 0 Å². The number of rotatable bonds is 7. The van der Waals surface area contributed by atoms with Crippen LogP contribution >= 0.6 is 0 Å². The van der Waals surface area contributed by atoms with Gasteiger partial charge >= 0.3 is 5.97 Å². The predicted octanol–water partition coefficient (Wildman–Crippen LogP) is 2.85. The number of halogens is 1. The molecule has 0 aliphatic heterocycles. The molecular formula is C18H20FNO4S. The maximum Gasteiger partial charge on any atom is 0.327 e. The van der Waals surface area contributed by atoms with Gasteiger partial charge in [0, 0.05) is 6.42 Å². The maximum absolute atomic E-state index is 13.2. The minimum absolute atomic E-state index is 0.0177. The number of carboxylic acid groups (broad SMARTS) is 1. The Labute approximate surface area is 146 Å². The molecule has 1 N–H and O–H groups in total. The van der Waals surface area contributed by atoms with Gasteiger partial charge in [-0.15, -0.1) is 0 Å². The Morgan fingerprint density at radius 3 is 2.16 bits per heavy atom. The van der Waals surface area contributed by atoms with Gasteiger partial charge in [0.2, 0.25) is 10.0 Å². The van der Waals surface area contributed by atoms with Gasteiger partial charge in [0.25, 0.3) is 0 Å². The predicted molar refractivity (Wildman–Crippen MR) is 94.7 cm³/mol. The quantitative estimate of drug-likeness (QED) is 0.819. The molecule has 0 heterocycles. The van der Waals surface area contributed by atoms with Gasteiger partial charge in [-0.25, -0.2) is 17.6 Å². The van der Waals surface area contributed by atoms with E-state index in [0.29, 0.717) is 6.42 Å². The highest BCUT2D eigenvalue weighted by Crippen LogP contribution is 2.24. The number of aliphatic carboxylic acids is 1. The lowest BCUT2D eigenvalue weighted by molar-refractivity contribution is -0.138. The summed E-state index contributed by atoms with van der Waals surface area (Å²) in [7, 11) is -3.88. The molecule has 0 saturated carbocycles. The molecule has 1 atom stereocenters. The zero-order chi connectivity index (χ0) is 18.6. The average Bonchev–Trinajstić information content (AvgIpc) is 2.55. The Bertz CT molecular complexity index is 850. The van der Waals surface area contributed by atoms with Gasteiger partial charge in [-0.3, -0.25) is 4.31 Å². The summed E-state index contributed by atoms with van der Waals surface area (Å²) in [5, 5.41) is 9.67. The van der Waals surface area contributed by atoms with Crippen molar-refractivity contribution in [1.82, 2.24) is 0 Å². The minimum atomic E-state index is -3.88. The van der Waals surface area contributed by atoms with Crippen molar-refractivity contribution in [2.75, 3.05) is 10.6 Å². The van der Waals surface area contributed by atoms with Crippen LogP contribution < -0.4 is 4.31 Å². The summed E-state index contributed by atoms with van der Waals surface area (Å²) in [6, 6.07) is 10.7.